The monoisotopic (exact) mass is 550 g/mol. The summed E-state index contributed by atoms with van der Waals surface area (Å²) >= 11 is 0.556. The quantitative estimate of drug-likeness (QED) is 0.340. The van der Waals surface area contributed by atoms with E-state index in [1.54, 1.807) is 11.8 Å². The maximum Gasteiger partial charge on any atom is 0.417 e. The maximum atomic E-state index is 14.1. The Morgan fingerprint density at radius 3 is 2.27 bits per heavy atom. The van der Waals surface area contributed by atoms with Crippen LogP contribution in [0.2, 0.25) is 0 Å². The number of anilines is 1. The van der Waals surface area contributed by atoms with Gasteiger partial charge in [0.05, 0.1) is 17.0 Å². The summed E-state index contributed by atoms with van der Waals surface area (Å²) < 4.78 is 86.9. The zero-order chi connectivity index (χ0) is 27.1. The Labute approximate surface area is 212 Å². The third-order valence-corrected chi connectivity index (χ3v) is 7.62. The summed E-state index contributed by atoms with van der Waals surface area (Å²) in [5, 5.41) is 1.70. The highest BCUT2D eigenvalue weighted by molar-refractivity contribution is 7.17. The molecule has 0 spiro atoms. The zero-order valence-electron chi connectivity index (χ0n) is 19.9. The maximum absolute atomic E-state index is 14.1. The second-order valence-corrected chi connectivity index (χ2v) is 9.85. The minimum absolute atomic E-state index is 0.0131. The first kappa shape index (κ1) is 27.1. The van der Waals surface area contributed by atoms with E-state index in [1.807, 2.05) is 5.32 Å². The summed E-state index contributed by atoms with van der Waals surface area (Å²) in [6, 6.07) is -1.74. The number of nitrogens with one attached hydrogen (secondary N) is 1. The molecule has 14 heteroatoms. The minimum Gasteiger partial charge on any atom is -0.461 e. The van der Waals surface area contributed by atoms with Crippen LogP contribution in [0.25, 0.3) is 10.4 Å². The van der Waals surface area contributed by atoms with Gasteiger partial charge in [-0.3, -0.25) is 4.79 Å². The number of fused-ring (bicyclic) bond motifs is 2. The number of halogens is 6. The molecule has 1 N–H and O–H groups in total. The predicted molar refractivity (Wildman–Crippen MR) is 122 cm³/mol. The molecule has 2 saturated heterocycles. The number of pyridine rings is 1. The largest absolute Gasteiger partial charge is 0.461 e. The van der Waals surface area contributed by atoms with Crippen molar-refractivity contribution in [2.45, 2.75) is 76.4 Å². The van der Waals surface area contributed by atoms with Crippen molar-refractivity contribution in [1.82, 2.24) is 14.9 Å². The number of amides is 1. The molecular weight excluding hydrogens is 526 g/mol. The molecule has 0 aliphatic carbocycles. The van der Waals surface area contributed by atoms with Gasteiger partial charge in [-0.2, -0.15) is 26.3 Å². The van der Waals surface area contributed by atoms with E-state index in [2.05, 4.69) is 9.97 Å². The van der Waals surface area contributed by atoms with Crippen molar-refractivity contribution in [3.05, 3.63) is 28.5 Å². The van der Waals surface area contributed by atoms with Gasteiger partial charge in [-0.1, -0.05) is 6.92 Å². The van der Waals surface area contributed by atoms with Crippen molar-refractivity contribution in [2.75, 3.05) is 11.9 Å². The number of hydrogen-bond acceptors (Lipinski definition) is 7. The lowest BCUT2D eigenvalue weighted by Crippen LogP contribution is -2.36. The highest BCUT2D eigenvalue weighted by atomic mass is 32.1. The smallest absolute Gasteiger partial charge is 0.417 e. The SMILES string of the molecule is CCOC(=O)c1nc(C(=O)N2[C@H]3CC[C@H]2CC3)c(-c2cnc(N[C@@H](CC)C(F)(F)F)cc2C(F)(F)F)s1. The molecule has 0 radical (unpaired) electrons. The number of nitrogens with zero attached hydrogens (tertiary/aromatic N) is 3. The average Bonchev–Trinajstić information content (AvgIpc) is 3.55. The van der Waals surface area contributed by atoms with Gasteiger partial charge in [0.2, 0.25) is 5.01 Å². The van der Waals surface area contributed by atoms with Gasteiger partial charge < -0.3 is 15.0 Å². The molecule has 0 saturated carbocycles. The van der Waals surface area contributed by atoms with Crippen LogP contribution in [0.15, 0.2) is 12.3 Å². The lowest BCUT2D eigenvalue weighted by Gasteiger charge is -2.23. The second-order valence-electron chi connectivity index (χ2n) is 8.85. The number of rotatable bonds is 7. The van der Waals surface area contributed by atoms with Crippen molar-refractivity contribution in [3.63, 3.8) is 0 Å². The summed E-state index contributed by atoms with van der Waals surface area (Å²) in [4.78, 5) is 35.1. The van der Waals surface area contributed by atoms with Gasteiger partial charge in [-0.25, -0.2) is 14.8 Å². The fourth-order valence-corrected chi connectivity index (χ4v) is 5.81. The minimum atomic E-state index is -5.00. The van der Waals surface area contributed by atoms with Gasteiger partial charge in [0.1, 0.15) is 17.6 Å². The molecule has 2 aliphatic heterocycles. The van der Waals surface area contributed by atoms with E-state index in [1.165, 1.54) is 6.92 Å². The van der Waals surface area contributed by atoms with Gasteiger partial charge >= 0.3 is 18.3 Å². The molecule has 4 heterocycles. The third-order valence-electron chi connectivity index (χ3n) is 6.55. The van der Waals surface area contributed by atoms with E-state index < -0.39 is 53.6 Å². The predicted octanol–water partition coefficient (Wildman–Crippen LogP) is 5.92. The molecule has 2 aromatic rings. The first-order valence-electron chi connectivity index (χ1n) is 11.8. The topological polar surface area (TPSA) is 84.4 Å². The van der Waals surface area contributed by atoms with E-state index in [4.69, 9.17) is 4.74 Å². The van der Waals surface area contributed by atoms with Gasteiger partial charge in [0, 0.05) is 23.8 Å². The highest BCUT2D eigenvalue weighted by Gasteiger charge is 2.45. The van der Waals surface area contributed by atoms with E-state index in [-0.39, 0.29) is 34.3 Å². The Bertz CT molecular complexity index is 1160. The Morgan fingerprint density at radius 2 is 1.76 bits per heavy atom. The standard InChI is InChI=1S/C23H24F6N4O3S/c1-3-15(23(27,28)29)31-16-9-14(22(24,25)26)13(10-30-16)18-17(32-19(37-18)21(35)36-4-2)20(34)33-11-5-6-12(33)8-7-11/h9-12,15H,3-8H2,1-2H3,(H,30,31)/t11-,12-,15-/m0/s1. The number of hydrogen-bond donors (Lipinski definition) is 1. The number of esters is 1. The van der Waals surface area contributed by atoms with Crippen molar-refractivity contribution in [3.8, 4) is 10.4 Å². The fourth-order valence-electron chi connectivity index (χ4n) is 4.84. The van der Waals surface area contributed by atoms with Crippen molar-refractivity contribution >= 4 is 29.0 Å². The molecule has 2 aliphatic rings. The molecule has 2 fully saturated rings. The Morgan fingerprint density at radius 1 is 1.14 bits per heavy atom. The molecule has 37 heavy (non-hydrogen) atoms. The van der Waals surface area contributed by atoms with E-state index in [0.29, 0.717) is 17.4 Å². The molecule has 202 valence electrons. The van der Waals surface area contributed by atoms with Crippen LogP contribution in [-0.2, 0) is 10.9 Å². The van der Waals surface area contributed by atoms with Gasteiger partial charge in [-0.15, -0.1) is 11.3 Å². The lowest BCUT2D eigenvalue weighted by atomic mass is 10.0. The molecule has 7 nitrogen and oxygen atoms in total. The van der Waals surface area contributed by atoms with Crippen molar-refractivity contribution in [1.29, 1.82) is 0 Å². The number of carbonyl (C=O) groups excluding carboxylic acids is 2. The third kappa shape index (κ3) is 5.39. The molecule has 2 bridgehead atoms. The summed E-state index contributed by atoms with van der Waals surface area (Å²) in [6.07, 6.45) is -6.29. The molecule has 1 atom stereocenters. The Balaban J connectivity index is 1.81. The average molecular weight is 551 g/mol. The summed E-state index contributed by atoms with van der Waals surface area (Å²) in [5.41, 5.74) is -2.19. The van der Waals surface area contributed by atoms with Crippen LogP contribution < -0.4 is 5.32 Å². The van der Waals surface area contributed by atoms with E-state index in [9.17, 15) is 35.9 Å². The summed E-state index contributed by atoms with van der Waals surface area (Å²) in [7, 11) is 0. The summed E-state index contributed by atoms with van der Waals surface area (Å²) in [6.45, 7) is 2.77. The van der Waals surface area contributed by atoms with Crippen LogP contribution in [0.4, 0.5) is 32.2 Å². The zero-order valence-corrected chi connectivity index (χ0v) is 20.7. The van der Waals surface area contributed by atoms with Crippen LogP contribution in [0.5, 0.6) is 0 Å². The Hall–Kier alpha value is -2.90. The number of aromatic nitrogens is 2. The van der Waals surface area contributed by atoms with E-state index >= 15 is 0 Å². The van der Waals surface area contributed by atoms with E-state index in [0.717, 1.165) is 31.9 Å². The molecule has 0 aromatic carbocycles. The number of carbonyl (C=O) groups is 2. The lowest BCUT2D eigenvalue weighted by molar-refractivity contribution is -0.142. The number of alkyl halides is 6. The van der Waals surface area contributed by atoms with Crippen LogP contribution >= 0.6 is 11.3 Å². The number of thiazole rings is 1. The highest BCUT2D eigenvalue weighted by Crippen LogP contribution is 2.44. The molecule has 4 rings (SSSR count). The molecular formula is C23H24F6N4O3S. The van der Waals surface area contributed by atoms with Crippen LogP contribution in [0.1, 0.15) is 71.8 Å². The van der Waals surface area contributed by atoms with Crippen molar-refractivity contribution in [2.24, 2.45) is 0 Å². The van der Waals surface area contributed by atoms with Crippen LogP contribution in [0, 0.1) is 0 Å². The first-order valence-corrected chi connectivity index (χ1v) is 12.6. The van der Waals surface area contributed by atoms with Crippen molar-refractivity contribution < 1.29 is 40.7 Å². The van der Waals surface area contributed by atoms with Gasteiger partial charge in [0.15, 0.2) is 0 Å². The summed E-state index contributed by atoms with van der Waals surface area (Å²) in [5.74, 6) is -2.11. The molecule has 1 amide bonds. The molecule has 2 aromatic heterocycles. The Kier molecular flexibility index (Phi) is 7.41. The fraction of sp³-hybridized carbons (Fsp3) is 0.565. The van der Waals surface area contributed by atoms with Gasteiger partial charge in [-0.05, 0) is 45.1 Å². The molecule has 0 unspecified atom stereocenters. The number of ether oxygens (including phenoxy) is 1. The normalized spacial score (nSPS) is 20.3. The van der Waals surface area contributed by atoms with Crippen LogP contribution in [0.3, 0.4) is 0 Å². The van der Waals surface area contributed by atoms with Crippen LogP contribution in [-0.4, -0.2) is 57.7 Å². The van der Waals surface area contributed by atoms with Gasteiger partial charge in [0.25, 0.3) is 5.91 Å². The first-order chi connectivity index (χ1) is 17.3. The second kappa shape index (κ2) is 10.1.